The highest BCUT2D eigenvalue weighted by Crippen LogP contribution is 2.26. The minimum absolute atomic E-state index is 0.00320. The van der Waals surface area contributed by atoms with E-state index in [0.29, 0.717) is 19.5 Å². The standard InChI is InChI=1S/C23H30N2O4/c1-17(2)23(28)25(16-18-10-12-20(29-3)13-11-18)21(19-8-5-4-6-9-19)22(27)24-14-7-15-26/h4-6,8-13,17,21,26H,7,14-16H2,1-3H3,(H,24,27)/t21-/m0/s1. The van der Waals surface area contributed by atoms with Gasteiger partial charge in [0.15, 0.2) is 0 Å². The van der Waals surface area contributed by atoms with E-state index in [0.717, 1.165) is 16.9 Å². The van der Waals surface area contributed by atoms with Crippen LogP contribution in [0.4, 0.5) is 0 Å². The van der Waals surface area contributed by atoms with Crippen molar-refractivity contribution in [2.24, 2.45) is 5.92 Å². The molecule has 0 fully saturated rings. The SMILES string of the molecule is COc1ccc(CN(C(=O)C(C)C)[C@H](C(=O)NCCCO)c2ccccc2)cc1. The van der Waals surface area contributed by atoms with Gasteiger partial charge in [-0.1, -0.05) is 56.3 Å². The maximum atomic E-state index is 13.1. The van der Waals surface area contributed by atoms with Gasteiger partial charge in [-0.25, -0.2) is 0 Å². The summed E-state index contributed by atoms with van der Waals surface area (Å²) in [7, 11) is 1.60. The summed E-state index contributed by atoms with van der Waals surface area (Å²) < 4.78 is 5.20. The van der Waals surface area contributed by atoms with Crippen molar-refractivity contribution in [3.8, 4) is 5.75 Å². The molecule has 2 aromatic carbocycles. The van der Waals surface area contributed by atoms with Crippen molar-refractivity contribution in [2.45, 2.75) is 32.9 Å². The van der Waals surface area contributed by atoms with E-state index in [2.05, 4.69) is 5.32 Å². The van der Waals surface area contributed by atoms with Crippen LogP contribution in [0.25, 0.3) is 0 Å². The number of hydrogen-bond acceptors (Lipinski definition) is 4. The number of methoxy groups -OCH3 is 1. The zero-order valence-corrected chi connectivity index (χ0v) is 17.3. The minimum Gasteiger partial charge on any atom is -0.497 e. The third-order valence-corrected chi connectivity index (χ3v) is 4.60. The predicted octanol–water partition coefficient (Wildman–Crippen LogP) is 2.92. The molecule has 0 saturated heterocycles. The molecule has 2 aromatic rings. The summed E-state index contributed by atoms with van der Waals surface area (Å²) in [5.41, 5.74) is 1.65. The number of hydrogen-bond donors (Lipinski definition) is 2. The van der Waals surface area contributed by atoms with E-state index in [1.807, 2.05) is 68.4 Å². The zero-order valence-electron chi connectivity index (χ0n) is 17.3. The maximum Gasteiger partial charge on any atom is 0.247 e. The van der Waals surface area contributed by atoms with Gasteiger partial charge >= 0.3 is 0 Å². The number of nitrogens with zero attached hydrogens (tertiary/aromatic N) is 1. The van der Waals surface area contributed by atoms with Crippen LogP contribution in [-0.4, -0.2) is 42.1 Å². The smallest absolute Gasteiger partial charge is 0.247 e. The molecule has 0 saturated carbocycles. The number of aliphatic hydroxyl groups is 1. The molecular weight excluding hydrogens is 368 g/mol. The van der Waals surface area contributed by atoms with Crippen LogP contribution in [0, 0.1) is 5.92 Å². The Hall–Kier alpha value is -2.86. The normalized spacial score (nSPS) is 11.8. The zero-order chi connectivity index (χ0) is 21.2. The summed E-state index contributed by atoms with van der Waals surface area (Å²) in [5.74, 6) is 0.112. The molecule has 0 aliphatic heterocycles. The molecule has 0 radical (unpaired) electrons. The number of benzene rings is 2. The molecule has 2 amide bonds. The topological polar surface area (TPSA) is 78.9 Å². The molecule has 1 atom stereocenters. The maximum absolute atomic E-state index is 13.1. The van der Waals surface area contributed by atoms with E-state index in [-0.39, 0.29) is 24.3 Å². The summed E-state index contributed by atoms with van der Waals surface area (Å²) in [6.45, 7) is 4.31. The molecule has 0 unspecified atom stereocenters. The number of ether oxygens (including phenoxy) is 1. The highest BCUT2D eigenvalue weighted by atomic mass is 16.5. The number of carbonyl (C=O) groups is 2. The van der Waals surface area contributed by atoms with Gasteiger partial charge in [-0.05, 0) is 29.7 Å². The highest BCUT2D eigenvalue weighted by Gasteiger charge is 2.32. The molecule has 0 spiro atoms. The lowest BCUT2D eigenvalue weighted by molar-refractivity contribution is -0.144. The summed E-state index contributed by atoms with van der Waals surface area (Å²) in [6.07, 6.45) is 0.462. The van der Waals surface area contributed by atoms with Gasteiger partial charge in [-0.2, -0.15) is 0 Å². The Kier molecular flexibility index (Phi) is 8.68. The number of nitrogens with one attached hydrogen (secondary N) is 1. The molecule has 0 aromatic heterocycles. The third-order valence-electron chi connectivity index (χ3n) is 4.60. The molecule has 2 N–H and O–H groups in total. The predicted molar refractivity (Wildman–Crippen MR) is 112 cm³/mol. The number of carbonyl (C=O) groups excluding carboxylic acids is 2. The Morgan fingerprint density at radius 2 is 1.72 bits per heavy atom. The molecule has 2 rings (SSSR count). The van der Waals surface area contributed by atoms with Gasteiger partial charge in [0.25, 0.3) is 0 Å². The molecule has 6 heteroatoms. The largest absolute Gasteiger partial charge is 0.497 e. The van der Waals surface area contributed by atoms with Crippen LogP contribution in [0.2, 0.25) is 0 Å². The Morgan fingerprint density at radius 1 is 1.07 bits per heavy atom. The van der Waals surface area contributed by atoms with Crippen LogP contribution in [0.5, 0.6) is 5.75 Å². The van der Waals surface area contributed by atoms with Crippen LogP contribution in [0.1, 0.15) is 37.4 Å². The molecule has 0 aliphatic rings. The lowest BCUT2D eigenvalue weighted by atomic mass is 10.0. The molecule has 0 aliphatic carbocycles. The van der Waals surface area contributed by atoms with Gasteiger partial charge < -0.3 is 20.1 Å². The second-order valence-electron chi connectivity index (χ2n) is 7.15. The van der Waals surface area contributed by atoms with Gasteiger partial charge in [0.1, 0.15) is 11.8 Å². The van der Waals surface area contributed by atoms with E-state index in [1.165, 1.54) is 0 Å². The first-order valence-corrected chi connectivity index (χ1v) is 9.84. The van der Waals surface area contributed by atoms with Crippen LogP contribution in [0.15, 0.2) is 54.6 Å². The first-order chi connectivity index (χ1) is 14.0. The van der Waals surface area contributed by atoms with Crippen molar-refractivity contribution >= 4 is 11.8 Å². The Morgan fingerprint density at radius 3 is 2.28 bits per heavy atom. The summed E-state index contributed by atoms with van der Waals surface area (Å²) >= 11 is 0. The Balaban J connectivity index is 2.39. The van der Waals surface area contributed by atoms with Gasteiger partial charge in [-0.15, -0.1) is 0 Å². The first kappa shape index (κ1) is 22.4. The number of rotatable bonds is 10. The van der Waals surface area contributed by atoms with Crippen LogP contribution >= 0.6 is 0 Å². The van der Waals surface area contributed by atoms with Crippen molar-refractivity contribution in [1.29, 1.82) is 0 Å². The molecule has 6 nitrogen and oxygen atoms in total. The fraction of sp³-hybridized carbons (Fsp3) is 0.391. The second kappa shape index (κ2) is 11.2. The highest BCUT2D eigenvalue weighted by molar-refractivity contribution is 5.89. The molecule has 156 valence electrons. The van der Waals surface area contributed by atoms with Gasteiger partial charge in [-0.3, -0.25) is 9.59 Å². The monoisotopic (exact) mass is 398 g/mol. The van der Waals surface area contributed by atoms with Crippen LogP contribution < -0.4 is 10.1 Å². The minimum atomic E-state index is -0.758. The lowest BCUT2D eigenvalue weighted by Gasteiger charge is -2.33. The van der Waals surface area contributed by atoms with Crippen molar-refractivity contribution in [1.82, 2.24) is 10.2 Å². The molecule has 0 heterocycles. The molecule has 29 heavy (non-hydrogen) atoms. The van der Waals surface area contributed by atoms with E-state index >= 15 is 0 Å². The van der Waals surface area contributed by atoms with E-state index in [9.17, 15) is 9.59 Å². The summed E-state index contributed by atoms with van der Waals surface area (Å²) in [6, 6.07) is 16.0. The van der Waals surface area contributed by atoms with E-state index < -0.39 is 6.04 Å². The van der Waals surface area contributed by atoms with Crippen molar-refractivity contribution < 1.29 is 19.4 Å². The number of aliphatic hydroxyl groups excluding tert-OH is 1. The van der Waals surface area contributed by atoms with Crippen molar-refractivity contribution in [3.05, 3.63) is 65.7 Å². The van der Waals surface area contributed by atoms with E-state index in [4.69, 9.17) is 9.84 Å². The summed E-state index contributed by atoms with van der Waals surface area (Å²) in [4.78, 5) is 27.8. The molecule has 0 bridgehead atoms. The Bertz CT molecular complexity index is 775. The van der Waals surface area contributed by atoms with Gasteiger partial charge in [0.2, 0.25) is 11.8 Å². The Labute approximate surface area is 172 Å². The van der Waals surface area contributed by atoms with Crippen LogP contribution in [-0.2, 0) is 16.1 Å². The van der Waals surface area contributed by atoms with Gasteiger partial charge in [0, 0.05) is 25.6 Å². The average molecular weight is 399 g/mol. The van der Waals surface area contributed by atoms with Crippen LogP contribution in [0.3, 0.4) is 0 Å². The fourth-order valence-electron chi connectivity index (χ4n) is 3.05. The first-order valence-electron chi connectivity index (χ1n) is 9.84. The van der Waals surface area contributed by atoms with Crippen molar-refractivity contribution in [3.63, 3.8) is 0 Å². The summed E-state index contributed by atoms with van der Waals surface area (Å²) in [5, 5.41) is 11.9. The quantitative estimate of drug-likeness (QED) is 0.603. The van der Waals surface area contributed by atoms with Gasteiger partial charge in [0.05, 0.1) is 7.11 Å². The number of amides is 2. The van der Waals surface area contributed by atoms with Crippen molar-refractivity contribution in [2.75, 3.05) is 20.3 Å². The fourth-order valence-corrected chi connectivity index (χ4v) is 3.05. The second-order valence-corrected chi connectivity index (χ2v) is 7.15. The molecular formula is C23H30N2O4. The lowest BCUT2D eigenvalue weighted by Crippen LogP contribution is -2.45. The average Bonchev–Trinajstić information content (AvgIpc) is 2.74. The third kappa shape index (κ3) is 6.32. The van der Waals surface area contributed by atoms with E-state index in [1.54, 1.807) is 12.0 Å².